The fourth-order valence-electron chi connectivity index (χ4n) is 0.594. The topological polar surface area (TPSA) is 68.2 Å². The summed E-state index contributed by atoms with van der Waals surface area (Å²) in [4.78, 5) is 5.79. The number of aromatic nitrogens is 2. The monoisotopic (exact) mass is 156 g/mol. The van der Waals surface area contributed by atoms with Crippen molar-refractivity contribution < 1.29 is 4.52 Å². The molecule has 1 rings (SSSR count). The molecule has 0 bridgehead atoms. The zero-order valence-electron chi connectivity index (χ0n) is 6.90. The average Bonchev–Trinajstić information content (AvgIpc) is 2.33. The summed E-state index contributed by atoms with van der Waals surface area (Å²) in [5.41, 5.74) is 5.51. The lowest BCUT2D eigenvalue weighted by Crippen LogP contribution is -2.11. The van der Waals surface area contributed by atoms with E-state index in [2.05, 4.69) is 10.1 Å². The summed E-state index contributed by atoms with van der Waals surface area (Å²) in [6.07, 6.45) is 0. The number of nitrogens with two attached hydrogens (primary N) is 1. The number of hydrogen-bond acceptors (Lipinski definition) is 5. The van der Waals surface area contributed by atoms with Crippen molar-refractivity contribution in [3.05, 3.63) is 5.89 Å². The molecule has 1 aromatic rings. The molecule has 0 fully saturated rings. The van der Waals surface area contributed by atoms with Crippen LogP contribution in [0, 0.1) is 0 Å². The number of anilines is 1. The van der Waals surface area contributed by atoms with Crippen LogP contribution in [-0.2, 0) is 0 Å². The van der Waals surface area contributed by atoms with Crippen molar-refractivity contribution in [3.8, 4) is 0 Å². The average molecular weight is 156 g/mol. The van der Waals surface area contributed by atoms with Gasteiger partial charge in [-0.25, -0.2) is 0 Å². The molecule has 0 radical (unpaired) electrons. The van der Waals surface area contributed by atoms with Gasteiger partial charge in [-0.3, -0.25) is 0 Å². The molecule has 11 heavy (non-hydrogen) atoms. The van der Waals surface area contributed by atoms with Crippen molar-refractivity contribution in [3.63, 3.8) is 0 Å². The zero-order valence-corrected chi connectivity index (χ0v) is 6.90. The van der Waals surface area contributed by atoms with E-state index in [0.717, 1.165) is 0 Å². The first-order valence-corrected chi connectivity index (χ1v) is 3.37. The number of hydrogen-bond donors (Lipinski definition) is 1. The smallest absolute Gasteiger partial charge is 0.265 e. The summed E-state index contributed by atoms with van der Waals surface area (Å²) >= 11 is 0. The second kappa shape index (κ2) is 2.87. The Morgan fingerprint density at radius 1 is 1.55 bits per heavy atom. The molecule has 0 saturated heterocycles. The van der Waals surface area contributed by atoms with Crippen molar-refractivity contribution in [1.29, 1.82) is 0 Å². The Labute approximate surface area is 65.2 Å². The van der Waals surface area contributed by atoms with Gasteiger partial charge in [-0.15, -0.1) is 0 Å². The summed E-state index contributed by atoms with van der Waals surface area (Å²) in [5.74, 6) is 1.02. The lowest BCUT2D eigenvalue weighted by molar-refractivity contribution is 0.361. The molecular formula is C6H12N4O. The maximum atomic E-state index is 5.51. The number of rotatable bonds is 2. The Balaban J connectivity index is 2.82. The van der Waals surface area contributed by atoms with Gasteiger partial charge in [-0.05, 0) is 12.1 Å². The first kappa shape index (κ1) is 8.00. The van der Waals surface area contributed by atoms with Gasteiger partial charge in [0.1, 0.15) is 0 Å². The van der Waals surface area contributed by atoms with E-state index in [9.17, 15) is 0 Å². The van der Waals surface area contributed by atoms with Crippen LogP contribution in [0.25, 0.3) is 0 Å². The van der Waals surface area contributed by atoms with Crippen molar-refractivity contribution in [1.82, 2.24) is 10.1 Å². The first-order valence-electron chi connectivity index (χ1n) is 3.37. The summed E-state index contributed by atoms with van der Waals surface area (Å²) in [5, 5.41) is 3.70. The van der Waals surface area contributed by atoms with Gasteiger partial charge in [0.15, 0.2) is 0 Å². The molecule has 1 heterocycles. The molecule has 0 spiro atoms. The summed E-state index contributed by atoms with van der Waals surface area (Å²) in [6.45, 7) is 1.80. The fourth-order valence-corrected chi connectivity index (χ4v) is 0.594. The highest BCUT2D eigenvalue weighted by atomic mass is 16.5. The van der Waals surface area contributed by atoms with E-state index in [1.165, 1.54) is 0 Å². The first-order chi connectivity index (χ1) is 5.11. The maximum Gasteiger partial charge on any atom is 0.265 e. The molecule has 0 unspecified atom stereocenters. The van der Waals surface area contributed by atoms with Gasteiger partial charge < -0.3 is 15.2 Å². The van der Waals surface area contributed by atoms with Crippen molar-refractivity contribution in [2.75, 3.05) is 19.0 Å². The standard InChI is InChI=1S/C6H12N4O/c1-4(7)5-8-6(9-11-5)10(2)3/h4H,7H2,1-3H3/t4-/m0/s1. The Bertz CT molecular complexity index is 208. The van der Waals surface area contributed by atoms with Crippen molar-refractivity contribution in [2.24, 2.45) is 5.73 Å². The highest BCUT2D eigenvalue weighted by Gasteiger charge is 2.10. The third kappa shape index (κ3) is 1.68. The van der Waals surface area contributed by atoms with Crippen LogP contribution < -0.4 is 10.6 Å². The van der Waals surface area contributed by atoms with Gasteiger partial charge in [-0.1, -0.05) is 0 Å². The van der Waals surface area contributed by atoms with Crippen LogP contribution in [0.1, 0.15) is 18.9 Å². The molecule has 0 aliphatic carbocycles. The highest BCUT2D eigenvalue weighted by Crippen LogP contribution is 2.10. The molecule has 0 amide bonds. The quantitative estimate of drug-likeness (QED) is 0.660. The predicted octanol–water partition coefficient (Wildman–Crippen LogP) is 0.155. The van der Waals surface area contributed by atoms with Gasteiger partial charge in [0.25, 0.3) is 5.95 Å². The minimum atomic E-state index is -0.198. The Hall–Kier alpha value is -1.10. The second-order valence-corrected chi connectivity index (χ2v) is 2.62. The molecule has 1 aromatic heterocycles. The van der Waals surface area contributed by atoms with Crippen LogP contribution in [-0.4, -0.2) is 24.2 Å². The summed E-state index contributed by atoms with van der Waals surface area (Å²) in [6, 6.07) is -0.198. The normalized spacial score (nSPS) is 13.1. The maximum absolute atomic E-state index is 5.51. The lowest BCUT2D eigenvalue weighted by atomic mass is 10.4. The van der Waals surface area contributed by atoms with Crippen LogP contribution in [0.4, 0.5) is 5.95 Å². The molecule has 2 N–H and O–H groups in total. The zero-order chi connectivity index (χ0) is 8.43. The molecule has 0 aliphatic heterocycles. The van der Waals surface area contributed by atoms with Crippen LogP contribution in [0.2, 0.25) is 0 Å². The van der Waals surface area contributed by atoms with Gasteiger partial charge in [0.05, 0.1) is 6.04 Å². The van der Waals surface area contributed by atoms with E-state index in [0.29, 0.717) is 11.8 Å². The van der Waals surface area contributed by atoms with E-state index < -0.39 is 0 Å². The summed E-state index contributed by atoms with van der Waals surface area (Å²) in [7, 11) is 3.69. The van der Waals surface area contributed by atoms with Gasteiger partial charge in [0, 0.05) is 14.1 Å². The van der Waals surface area contributed by atoms with Crippen LogP contribution in [0.15, 0.2) is 4.52 Å². The molecular weight excluding hydrogens is 144 g/mol. The van der Waals surface area contributed by atoms with Crippen molar-refractivity contribution in [2.45, 2.75) is 13.0 Å². The van der Waals surface area contributed by atoms with Gasteiger partial charge >= 0.3 is 0 Å². The summed E-state index contributed by atoms with van der Waals surface area (Å²) < 4.78 is 4.86. The van der Waals surface area contributed by atoms with Crippen LogP contribution in [0.5, 0.6) is 0 Å². The predicted molar refractivity (Wildman–Crippen MR) is 41.2 cm³/mol. The second-order valence-electron chi connectivity index (χ2n) is 2.62. The van der Waals surface area contributed by atoms with E-state index in [-0.39, 0.29) is 6.04 Å². The Kier molecular flexibility index (Phi) is 2.09. The van der Waals surface area contributed by atoms with E-state index in [1.54, 1.807) is 11.8 Å². The minimum absolute atomic E-state index is 0.198. The van der Waals surface area contributed by atoms with E-state index in [4.69, 9.17) is 10.3 Å². The highest BCUT2D eigenvalue weighted by molar-refractivity contribution is 5.23. The Morgan fingerprint density at radius 2 is 2.18 bits per heavy atom. The lowest BCUT2D eigenvalue weighted by Gasteiger charge is -2.02. The van der Waals surface area contributed by atoms with Crippen LogP contribution >= 0.6 is 0 Å². The van der Waals surface area contributed by atoms with Gasteiger partial charge in [-0.2, -0.15) is 4.98 Å². The molecule has 1 atom stereocenters. The van der Waals surface area contributed by atoms with E-state index >= 15 is 0 Å². The molecule has 0 aliphatic rings. The van der Waals surface area contributed by atoms with Crippen molar-refractivity contribution >= 4 is 5.95 Å². The van der Waals surface area contributed by atoms with Crippen LogP contribution in [0.3, 0.4) is 0 Å². The molecule has 0 saturated carbocycles. The van der Waals surface area contributed by atoms with E-state index in [1.807, 2.05) is 14.1 Å². The molecule has 62 valence electrons. The minimum Gasteiger partial charge on any atom is -0.344 e. The molecule has 5 heteroatoms. The largest absolute Gasteiger partial charge is 0.344 e. The molecule has 5 nitrogen and oxygen atoms in total. The third-order valence-corrected chi connectivity index (χ3v) is 1.22. The Morgan fingerprint density at radius 3 is 2.45 bits per heavy atom. The fraction of sp³-hybridized carbons (Fsp3) is 0.667. The molecule has 0 aromatic carbocycles. The number of nitrogens with zero attached hydrogens (tertiary/aromatic N) is 3. The SMILES string of the molecule is C[C@H](N)c1nc(N(C)C)no1. The van der Waals surface area contributed by atoms with Gasteiger partial charge in [0.2, 0.25) is 5.89 Å². The third-order valence-electron chi connectivity index (χ3n) is 1.22.